The maximum Gasteiger partial charge on any atom is 0.514 e. The highest BCUT2D eigenvalue weighted by molar-refractivity contribution is 6.60. The standard InChI is InChI=1S/C16H28BNO5/c1-5-9-20-13-12-18-16(17(19)23-8-4)15(22-11-7-3)14(13)21-10-6-2/h12,19H,5-11H2,1-4H3. The summed E-state index contributed by atoms with van der Waals surface area (Å²) in [6, 6.07) is 0. The van der Waals surface area contributed by atoms with Gasteiger partial charge in [0.25, 0.3) is 0 Å². The van der Waals surface area contributed by atoms with Crippen LogP contribution < -0.4 is 19.8 Å². The fraction of sp³-hybridized carbons (Fsp3) is 0.688. The molecule has 0 aliphatic carbocycles. The van der Waals surface area contributed by atoms with Crippen molar-refractivity contribution >= 4 is 12.7 Å². The van der Waals surface area contributed by atoms with E-state index in [1.54, 1.807) is 6.20 Å². The van der Waals surface area contributed by atoms with Crippen molar-refractivity contribution < 1.29 is 23.9 Å². The summed E-state index contributed by atoms with van der Waals surface area (Å²) in [5, 5.41) is 10.2. The summed E-state index contributed by atoms with van der Waals surface area (Å²) >= 11 is 0. The molecule has 0 spiro atoms. The van der Waals surface area contributed by atoms with Crippen LogP contribution >= 0.6 is 0 Å². The third-order valence-corrected chi connectivity index (χ3v) is 2.90. The molecule has 1 rings (SSSR count). The molecule has 0 saturated heterocycles. The van der Waals surface area contributed by atoms with Gasteiger partial charge >= 0.3 is 7.12 Å². The largest absolute Gasteiger partial charge is 0.514 e. The number of hydrogen-bond donors (Lipinski definition) is 1. The molecule has 1 aromatic rings. The zero-order valence-electron chi connectivity index (χ0n) is 14.6. The molecular formula is C16H28BNO5. The SMILES string of the molecule is CCCOc1cnc(B(O)OCC)c(OCCC)c1OCCC. The minimum Gasteiger partial charge on any atom is -0.488 e. The highest BCUT2D eigenvalue weighted by Crippen LogP contribution is 2.35. The third kappa shape index (κ3) is 5.92. The van der Waals surface area contributed by atoms with Crippen LogP contribution in [0.1, 0.15) is 47.0 Å². The molecule has 0 radical (unpaired) electrons. The Kier molecular flexibility index (Phi) is 9.48. The Hall–Kier alpha value is -1.47. The molecule has 7 heteroatoms. The molecule has 1 aromatic heterocycles. The molecule has 6 nitrogen and oxygen atoms in total. The van der Waals surface area contributed by atoms with Crippen LogP contribution in [0.25, 0.3) is 0 Å². The van der Waals surface area contributed by atoms with Crippen molar-refractivity contribution in [3.63, 3.8) is 0 Å². The first kappa shape index (κ1) is 19.6. The van der Waals surface area contributed by atoms with Crippen molar-refractivity contribution in [2.75, 3.05) is 26.4 Å². The Bertz CT molecular complexity index is 458. The Morgan fingerprint density at radius 3 is 2.04 bits per heavy atom. The number of rotatable bonds is 12. The molecule has 23 heavy (non-hydrogen) atoms. The lowest BCUT2D eigenvalue weighted by Gasteiger charge is -2.19. The summed E-state index contributed by atoms with van der Waals surface area (Å²) in [5.74, 6) is 1.41. The van der Waals surface area contributed by atoms with Crippen molar-refractivity contribution in [3.05, 3.63) is 6.20 Å². The molecule has 0 atom stereocenters. The van der Waals surface area contributed by atoms with Crippen molar-refractivity contribution in [2.45, 2.75) is 47.0 Å². The summed E-state index contributed by atoms with van der Waals surface area (Å²) in [7, 11) is -1.16. The van der Waals surface area contributed by atoms with Crippen LogP contribution in [0.15, 0.2) is 6.20 Å². The average Bonchev–Trinajstić information content (AvgIpc) is 2.56. The summed E-state index contributed by atoms with van der Waals surface area (Å²) < 4.78 is 22.6. The summed E-state index contributed by atoms with van der Waals surface area (Å²) in [4.78, 5) is 4.27. The topological polar surface area (TPSA) is 70.0 Å². The van der Waals surface area contributed by atoms with Crippen LogP contribution in [-0.2, 0) is 4.65 Å². The van der Waals surface area contributed by atoms with E-state index in [1.807, 2.05) is 27.7 Å². The molecule has 1 N–H and O–H groups in total. The fourth-order valence-electron chi connectivity index (χ4n) is 1.89. The van der Waals surface area contributed by atoms with Crippen LogP contribution in [0.3, 0.4) is 0 Å². The first-order valence-electron chi connectivity index (χ1n) is 8.40. The summed E-state index contributed by atoms with van der Waals surface area (Å²) in [6.45, 7) is 9.82. The smallest absolute Gasteiger partial charge is 0.488 e. The number of pyridine rings is 1. The molecule has 0 amide bonds. The summed E-state index contributed by atoms with van der Waals surface area (Å²) in [6.07, 6.45) is 4.11. The van der Waals surface area contributed by atoms with Gasteiger partial charge in [-0.3, -0.25) is 4.98 Å². The van der Waals surface area contributed by atoms with Crippen molar-refractivity contribution in [1.82, 2.24) is 4.98 Å². The summed E-state index contributed by atoms with van der Waals surface area (Å²) in [5.41, 5.74) is 0.315. The first-order chi connectivity index (χ1) is 11.2. The molecule has 0 saturated carbocycles. The molecule has 130 valence electrons. The molecule has 0 bridgehead atoms. The van der Waals surface area contributed by atoms with Crippen molar-refractivity contribution in [1.29, 1.82) is 0 Å². The van der Waals surface area contributed by atoms with E-state index >= 15 is 0 Å². The lowest BCUT2D eigenvalue weighted by molar-refractivity contribution is 0.240. The van der Waals surface area contributed by atoms with Crippen molar-refractivity contribution in [3.8, 4) is 17.2 Å². The van der Waals surface area contributed by atoms with Crippen LogP contribution in [0.4, 0.5) is 0 Å². The van der Waals surface area contributed by atoms with Crippen LogP contribution in [0.2, 0.25) is 0 Å². The quantitative estimate of drug-likeness (QED) is 0.594. The zero-order chi connectivity index (χ0) is 17.1. The Morgan fingerprint density at radius 1 is 0.913 bits per heavy atom. The van der Waals surface area contributed by atoms with Crippen LogP contribution in [0.5, 0.6) is 17.2 Å². The van der Waals surface area contributed by atoms with E-state index in [4.69, 9.17) is 18.9 Å². The first-order valence-corrected chi connectivity index (χ1v) is 8.40. The van der Waals surface area contributed by atoms with Gasteiger partial charge in [-0.1, -0.05) is 20.8 Å². The van der Waals surface area contributed by atoms with E-state index in [1.165, 1.54) is 0 Å². The van der Waals surface area contributed by atoms with Gasteiger partial charge in [0.2, 0.25) is 5.75 Å². The minimum absolute atomic E-state index is 0.315. The van der Waals surface area contributed by atoms with E-state index in [0.717, 1.165) is 19.3 Å². The fourth-order valence-corrected chi connectivity index (χ4v) is 1.89. The Labute approximate surface area is 139 Å². The average molecular weight is 325 g/mol. The number of nitrogens with zero attached hydrogens (tertiary/aromatic N) is 1. The van der Waals surface area contributed by atoms with Gasteiger partial charge in [-0.2, -0.15) is 0 Å². The monoisotopic (exact) mass is 325 g/mol. The molecule has 0 aromatic carbocycles. The van der Waals surface area contributed by atoms with E-state index in [-0.39, 0.29) is 0 Å². The maximum atomic E-state index is 10.2. The van der Waals surface area contributed by atoms with Crippen molar-refractivity contribution in [2.24, 2.45) is 0 Å². The zero-order valence-corrected chi connectivity index (χ0v) is 14.6. The van der Waals surface area contributed by atoms with Gasteiger partial charge in [0, 0.05) is 6.61 Å². The Balaban J connectivity index is 3.23. The number of hydrogen-bond acceptors (Lipinski definition) is 6. The molecule has 1 heterocycles. The van der Waals surface area contributed by atoms with Gasteiger partial charge in [0.1, 0.15) is 5.59 Å². The lowest BCUT2D eigenvalue weighted by atomic mass is 9.83. The maximum absolute atomic E-state index is 10.2. The van der Waals surface area contributed by atoms with Gasteiger partial charge < -0.3 is 23.9 Å². The number of ether oxygens (including phenoxy) is 3. The lowest BCUT2D eigenvalue weighted by Crippen LogP contribution is -2.37. The highest BCUT2D eigenvalue weighted by atomic mass is 16.5. The predicted octanol–water partition coefficient (Wildman–Crippen LogP) is 2.17. The second-order valence-electron chi connectivity index (χ2n) is 5.02. The van der Waals surface area contributed by atoms with E-state index < -0.39 is 7.12 Å². The molecule has 0 aliphatic rings. The molecular weight excluding hydrogens is 297 g/mol. The van der Waals surface area contributed by atoms with Gasteiger partial charge in [-0.15, -0.1) is 0 Å². The predicted molar refractivity (Wildman–Crippen MR) is 90.8 cm³/mol. The van der Waals surface area contributed by atoms with Gasteiger partial charge in [-0.05, 0) is 26.2 Å². The normalized spacial score (nSPS) is 10.5. The van der Waals surface area contributed by atoms with Gasteiger partial charge in [-0.25, -0.2) is 0 Å². The molecule has 0 unspecified atom stereocenters. The van der Waals surface area contributed by atoms with Gasteiger partial charge in [0.15, 0.2) is 11.5 Å². The highest BCUT2D eigenvalue weighted by Gasteiger charge is 2.28. The van der Waals surface area contributed by atoms with Crippen LogP contribution in [-0.4, -0.2) is 43.6 Å². The van der Waals surface area contributed by atoms with Crippen LogP contribution in [0, 0.1) is 0 Å². The number of aromatic nitrogens is 1. The minimum atomic E-state index is -1.16. The Morgan fingerprint density at radius 2 is 1.48 bits per heavy atom. The van der Waals surface area contributed by atoms with E-state index in [9.17, 15) is 5.02 Å². The second kappa shape index (κ2) is 11.1. The second-order valence-corrected chi connectivity index (χ2v) is 5.02. The third-order valence-electron chi connectivity index (χ3n) is 2.90. The van der Waals surface area contributed by atoms with E-state index in [0.29, 0.717) is 49.3 Å². The molecule has 0 fully saturated rings. The van der Waals surface area contributed by atoms with E-state index in [2.05, 4.69) is 4.98 Å². The van der Waals surface area contributed by atoms with Gasteiger partial charge in [0.05, 0.1) is 26.0 Å². The molecule has 0 aliphatic heterocycles.